The lowest BCUT2D eigenvalue weighted by atomic mass is 10.0. The number of aromatic amines is 1. The number of hydrogen-bond acceptors (Lipinski definition) is 2. The van der Waals surface area contributed by atoms with Crippen LogP contribution in [0.25, 0.3) is 11.3 Å². The van der Waals surface area contributed by atoms with Crippen LogP contribution in [-0.4, -0.2) is 9.97 Å². The molecule has 1 aromatic carbocycles. The van der Waals surface area contributed by atoms with E-state index in [-0.39, 0.29) is 5.54 Å². The highest BCUT2D eigenvalue weighted by Crippen LogP contribution is 2.41. The third-order valence-corrected chi connectivity index (χ3v) is 3.65. The van der Waals surface area contributed by atoms with E-state index in [0.717, 1.165) is 24.4 Å². The van der Waals surface area contributed by atoms with E-state index in [2.05, 4.69) is 42.0 Å². The van der Waals surface area contributed by atoms with Gasteiger partial charge in [0.1, 0.15) is 5.82 Å². The lowest BCUT2D eigenvalue weighted by molar-refractivity contribution is 0.685. The first-order valence-corrected chi connectivity index (χ1v) is 6.00. The molecule has 1 saturated carbocycles. The molecule has 1 heterocycles. The summed E-state index contributed by atoms with van der Waals surface area (Å²) in [6.07, 6.45) is 3.95. The van der Waals surface area contributed by atoms with E-state index >= 15 is 0 Å². The Labute approximate surface area is 101 Å². The van der Waals surface area contributed by atoms with Crippen LogP contribution in [0.4, 0.5) is 0 Å². The maximum atomic E-state index is 6.12. The average Bonchev–Trinajstić information content (AvgIpc) is 2.88. The Bertz CT molecular complexity index is 565. The number of nitrogens with one attached hydrogen (secondary N) is 1. The summed E-state index contributed by atoms with van der Waals surface area (Å²) in [6, 6.07) is 6.44. The molecule has 0 radical (unpaired) electrons. The quantitative estimate of drug-likeness (QED) is 0.828. The molecule has 17 heavy (non-hydrogen) atoms. The number of imidazole rings is 1. The van der Waals surface area contributed by atoms with Crippen LogP contribution in [-0.2, 0) is 5.54 Å². The van der Waals surface area contributed by atoms with Crippen LogP contribution in [0.2, 0.25) is 0 Å². The Hall–Kier alpha value is -1.61. The second kappa shape index (κ2) is 3.44. The number of benzene rings is 1. The standard InChI is InChI=1S/C14H17N3/c1-9-3-4-11(7-10(9)2)12-8-16-13(17-12)14(15)5-6-14/h3-4,7-8H,5-6,15H2,1-2H3,(H,16,17). The fraction of sp³-hybridized carbons (Fsp3) is 0.357. The van der Waals surface area contributed by atoms with E-state index in [1.54, 1.807) is 0 Å². The van der Waals surface area contributed by atoms with Gasteiger partial charge < -0.3 is 10.7 Å². The van der Waals surface area contributed by atoms with E-state index < -0.39 is 0 Å². The fourth-order valence-electron chi connectivity index (χ4n) is 2.00. The highest BCUT2D eigenvalue weighted by atomic mass is 15.0. The van der Waals surface area contributed by atoms with Crippen LogP contribution in [0.5, 0.6) is 0 Å². The van der Waals surface area contributed by atoms with Crippen LogP contribution in [0.15, 0.2) is 24.4 Å². The first-order valence-electron chi connectivity index (χ1n) is 6.00. The number of rotatable bonds is 2. The van der Waals surface area contributed by atoms with Crippen molar-refractivity contribution in [3.63, 3.8) is 0 Å². The third-order valence-electron chi connectivity index (χ3n) is 3.65. The Morgan fingerprint density at radius 3 is 2.65 bits per heavy atom. The molecular weight excluding hydrogens is 210 g/mol. The third kappa shape index (κ3) is 1.76. The van der Waals surface area contributed by atoms with Crippen molar-refractivity contribution in [3.05, 3.63) is 41.3 Å². The number of H-pyrrole nitrogens is 1. The van der Waals surface area contributed by atoms with Crippen molar-refractivity contribution in [1.29, 1.82) is 0 Å². The van der Waals surface area contributed by atoms with Crippen molar-refractivity contribution < 1.29 is 0 Å². The van der Waals surface area contributed by atoms with Crippen LogP contribution in [0.1, 0.15) is 29.8 Å². The second-order valence-electron chi connectivity index (χ2n) is 5.10. The molecule has 0 spiro atoms. The highest BCUT2D eigenvalue weighted by molar-refractivity contribution is 5.60. The minimum Gasteiger partial charge on any atom is -0.340 e. The van der Waals surface area contributed by atoms with Crippen LogP contribution >= 0.6 is 0 Å². The van der Waals surface area contributed by atoms with Gasteiger partial charge >= 0.3 is 0 Å². The monoisotopic (exact) mass is 227 g/mol. The summed E-state index contributed by atoms with van der Waals surface area (Å²) in [5.41, 5.74) is 10.8. The van der Waals surface area contributed by atoms with Gasteiger partial charge in [0.25, 0.3) is 0 Å². The maximum absolute atomic E-state index is 6.12. The largest absolute Gasteiger partial charge is 0.340 e. The molecule has 3 N–H and O–H groups in total. The van der Waals surface area contributed by atoms with Gasteiger partial charge in [-0.2, -0.15) is 0 Å². The Morgan fingerprint density at radius 1 is 1.24 bits per heavy atom. The molecule has 1 aliphatic carbocycles. The summed E-state index contributed by atoms with van der Waals surface area (Å²) in [7, 11) is 0. The van der Waals surface area contributed by atoms with Crippen LogP contribution in [0.3, 0.4) is 0 Å². The van der Waals surface area contributed by atoms with Crippen molar-refractivity contribution in [3.8, 4) is 11.3 Å². The number of nitrogens with two attached hydrogens (primary N) is 1. The summed E-state index contributed by atoms with van der Waals surface area (Å²) >= 11 is 0. The van der Waals surface area contributed by atoms with Gasteiger partial charge in [0, 0.05) is 0 Å². The zero-order chi connectivity index (χ0) is 12.0. The lowest BCUT2D eigenvalue weighted by Crippen LogP contribution is -2.20. The molecule has 1 aromatic heterocycles. The van der Waals surface area contributed by atoms with Crippen molar-refractivity contribution in [2.45, 2.75) is 32.2 Å². The smallest absolute Gasteiger partial charge is 0.126 e. The van der Waals surface area contributed by atoms with Gasteiger partial charge in [-0.3, -0.25) is 0 Å². The number of aromatic nitrogens is 2. The summed E-state index contributed by atoms with van der Waals surface area (Å²) in [5.74, 6) is 0.922. The van der Waals surface area contributed by atoms with Gasteiger partial charge in [-0.15, -0.1) is 0 Å². The molecule has 0 saturated heterocycles. The van der Waals surface area contributed by atoms with E-state index in [1.165, 1.54) is 16.7 Å². The lowest BCUT2D eigenvalue weighted by Gasteiger charge is -2.04. The number of aryl methyl sites for hydroxylation is 2. The Balaban J connectivity index is 1.98. The molecule has 0 unspecified atom stereocenters. The molecule has 0 aliphatic heterocycles. The summed E-state index contributed by atoms with van der Waals surface area (Å²) in [4.78, 5) is 7.74. The molecular formula is C14H17N3. The summed E-state index contributed by atoms with van der Waals surface area (Å²) in [6.45, 7) is 4.25. The molecule has 1 aliphatic rings. The highest BCUT2D eigenvalue weighted by Gasteiger charge is 2.42. The molecule has 3 heteroatoms. The first kappa shape index (κ1) is 10.5. The molecule has 3 nitrogen and oxygen atoms in total. The molecule has 0 atom stereocenters. The van der Waals surface area contributed by atoms with Gasteiger partial charge in [-0.05, 0) is 49.4 Å². The summed E-state index contributed by atoms with van der Waals surface area (Å²) < 4.78 is 0. The zero-order valence-electron chi connectivity index (χ0n) is 10.2. The predicted octanol–water partition coefficient (Wildman–Crippen LogP) is 2.64. The van der Waals surface area contributed by atoms with E-state index in [9.17, 15) is 0 Å². The van der Waals surface area contributed by atoms with Crippen molar-refractivity contribution in [1.82, 2.24) is 9.97 Å². The van der Waals surface area contributed by atoms with E-state index in [0.29, 0.717) is 0 Å². The molecule has 0 bridgehead atoms. The minimum atomic E-state index is -0.183. The maximum Gasteiger partial charge on any atom is 0.126 e. The van der Waals surface area contributed by atoms with Crippen molar-refractivity contribution in [2.75, 3.05) is 0 Å². The van der Waals surface area contributed by atoms with Gasteiger partial charge in [0.2, 0.25) is 0 Å². The van der Waals surface area contributed by atoms with E-state index in [4.69, 9.17) is 5.73 Å². The normalized spacial score (nSPS) is 17.1. The van der Waals surface area contributed by atoms with E-state index in [1.807, 2.05) is 6.20 Å². The topological polar surface area (TPSA) is 54.7 Å². The Morgan fingerprint density at radius 2 is 2.00 bits per heavy atom. The molecule has 2 aromatic rings. The average molecular weight is 227 g/mol. The minimum absolute atomic E-state index is 0.183. The fourth-order valence-corrected chi connectivity index (χ4v) is 2.00. The van der Waals surface area contributed by atoms with Crippen molar-refractivity contribution in [2.24, 2.45) is 5.73 Å². The number of hydrogen-bond donors (Lipinski definition) is 2. The Kier molecular flexibility index (Phi) is 2.13. The molecule has 0 amide bonds. The van der Waals surface area contributed by atoms with Crippen molar-refractivity contribution >= 4 is 0 Å². The van der Waals surface area contributed by atoms with Crippen LogP contribution < -0.4 is 5.73 Å². The van der Waals surface area contributed by atoms with Crippen LogP contribution in [0, 0.1) is 13.8 Å². The molecule has 3 rings (SSSR count). The molecule has 88 valence electrons. The zero-order valence-corrected chi connectivity index (χ0v) is 10.2. The predicted molar refractivity (Wildman–Crippen MR) is 68.6 cm³/mol. The summed E-state index contributed by atoms with van der Waals surface area (Å²) in [5, 5.41) is 0. The number of nitrogens with zero attached hydrogens (tertiary/aromatic N) is 1. The first-order chi connectivity index (χ1) is 8.08. The van der Waals surface area contributed by atoms with Gasteiger partial charge in [0.15, 0.2) is 0 Å². The van der Waals surface area contributed by atoms with Gasteiger partial charge in [-0.25, -0.2) is 4.98 Å². The second-order valence-corrected chi connectivity index (χ2v) is 5.10. The SMILES string of the molecule is Cc1ccc(-c2cnc(C3(N)CC3)[nH]2)cc1C. The molecule has 1 fully saturated rings. The van der Waals surface area contributed by atoms with Gasteiger partial charge in [-0.1, -0.05) is 12.1 Å². The van der Waals surface area contributed by atoms with Gasteiger partial charge in [0.05, 0.1) is 17.4 Å².